The van der Waals surface area contributed by atoms with Gasteiger partial charge in [-0.1, -0.05) is 0 Å². The lowest BCUT2D eigenvalue weighted by Gasteiger charge is -1.99. The second-order valence-electron chi connectivity index (χ2n) is 1.35. The first-order valence-electron chi connectivity index (χ1n) is 2.45. The fraction of sp³-hybridized carbons (Fsp3) is 0.750. The van der Waals surface area contributed by atoms with Crippen molar-refractivity contribution in [1.29, 1.82) is 5.26 Å². The molecule has 0 heterocycles. The van der Waals surface area contributed by atoms with Gasteiger partial charge in [-0.15, -0.1) is 0 Å². The quantitative estimate of drug-likeness (QED) is 0.451. The molecule has 2 N–H and O–H groups in total. The van der Waals surface area contributed by atoms with Crippen LogP contribution in [-0.4, -0.2) is 16.4 Å². The lowest BCUT2D eigenvalue weighted by molar-refractivity contribution is 0.253. The van der Waals surface area contributed by atoms with Gasteiger partial charge in [0.25, 0.3) is 0 Å². The second-order valence-corrected chi connectivity index (χ2v) is 2.11. The molecule has 0 spiro atoms. The number of hydrogen-bond acceptors (Lipinski definition) is 4. The van der Waals surface area contributed by atoms with E-state index in [0.717, 1.165) is 0 Å². The first-order chi connectivity index (χ1) is 4.27. The molecule has 0 saturated heterocycles. The van der Waals surface area contributed by atoms with Crippen LogP contribution in [0, 0.1) is 11.3 Å². The summed E-state index contributed by atoms with van der Waals surface area (Å²) in [5.74, 6) is 0. The van der Waals surface area contributed by atoms with E-state index < -0.39 is 8.60 Å². The third-order valence-electron chi connectivity index (χ3n) is 0.640. The van der Waals surface area contributed by atoms with Gasteiger partial charge in [-0.2, -0.15) is 5.26 Å². The van der Waals surface area contributed by atoms with Gasteiger partial charge in [-0.25, -0.2) is 0 Å². The standard InChI is InChI=1S/C4H8NO3P/c5-3-1-2-4-8-9(6)7/h6-7H,1-2,4H2. The Morgan fingerprint density at radius 1 is 1.56 bits per heavy atom. The highest BCUT2D eigenvalue weighted by Gasteiger charge is 1.96. The normalized spacial score (nSPS) is 9.56. The summed E-state index contributed by atoms with van der Waals surface area (Å²) >= 11 is 0. The van der Waals surface area contributed by atoms with E-state index in [9.17, 15) is 0 Å². The van der Waals surface area contributed by atoms with Crippen LogP contribution < -0.4 is 0 Å². The van der Waals surface area contributed by atoms with E-state index in [1.165, 1.54) is 0 Å². The maximum atomic E-state index is 8.17. The smallest absolute Gasteiger partial charge is 0.327 e. The van der Waals surface area contributed by atoms with Gasteiger partial charge in [0.15, 0.2) is 0 Å². The molecule has 9 heavy (non-hydrogen) atoms. The zero-order chi connectivity index (χ0) is 7.11. The Balaban J connectivity index is 2.85. The summed E-state index contributed by atoms with van der Waals surface area (Å²) in [6, 6.07) is 1.91. The summed E-state index contributed by atoms with van der Waals surface area (Å²) in [4.78, 5) is 16.3. The molecule has 0 rings (SSSR count). The van der Waals surface area contributed by atoms with Crippen LogP contribution in [0.2, 0.25) is 0 Å². The zero-order valence-corrected chi connectivity index (χ0v) is 5.71. The van der Waals surface area contributed by atoms with Crippen LogP contribution in [0.25, 0.3) is 0 Å². The molecule has 4 nitrogen and oxygen atoms in total. The monoisotopic (exact) mass is 149 g/mol. The van der Waals surface area contributed by atoms with E-state index in [1.54, 1.807) is 0 Å². The SMILES string of the molecule is N#CCCCOP(O)O. The van der Waals surface area contributed by atoms with E-state index >= 15 is 0 Å². The van der Waals surface area contributed by atoms with Crippen molar-refractivity contribution in [1.82, 2.24) is 0 Å². The molecule has 5 heteroatoms. The number of hydrogen-bond donors (Lipinski definition) is 2. The molecule has 0 bridgehead atoms. The molecular weight excluding hydrogens is 141 g/mol. The zero-order valence-electron chi connectivity index (χ0n) is 4.82. The van der Waals surface area contributed by atoms with Crippen LogP contribution in [0.3, 0.4) is 0 Å². The van der Waals surface area contributed by atoms with Crippen molar-refractivity contribution >= 4 is 8.60 Å². The first kappa shape index (κ1) is 8.80. The summed E-state index contributed by atoms with van der Waals surface area (Å²) in [6.45, 7) is 0.242. The van der Waals surface area contributed by atoms with Gasteiger partial charge in [0, 0.05) is 6.42 Å². The van der Waals surface area contributed by atoms with Crippen molar-refractivity contribution in [2.45, 2.75) is 12.8 Å². The van der Waals surface area contributed by atoms with Crippen LogP contribution in [0.5, 0.6) is 0 Å². The Bertz CT molecular complexity index is 100. The average molecular weight is 149 g/mol. The molecule has 0 radical (unpaired) electrons. The van der Waals surface area contributed by atoms with Gasteiger partial charge < -0.3 is 14.3 Å². The highest BCUT2D eigenvalue weighted by Crippen LogP contribution is 2.23. The minimum atomic E-state index is -2.23. The molecule has 0 fully saturated rings. The van der Waals surface area contributed by atoms with Gasteiger partial charge >= 0.3 is 8.60 Å². The molecule has 0 aliphatic carbocycles. The first-order valence-corrected chi connectivity index (χ1v) is 3.61. The number of nitrogens with zero attached hydrogens (tertiary/aromatic N) is 1. The summed E-state index contributed by atoms with van der Waals surface area (Å²) in [5.41, 5.74) is 0. The van der Waals surface area contributed by atoms with Crippen molar-refractivity contribution in [2.75, 3.05) is 6.61 Å². The second kappa shape index (κ2) is 5.93. The van der Waals surface area contributed by atoms with Gasteiger partial charge in [0.05, 0.1) is 12.7 Å². The van der Waals surface area contributed by atoms with E-state index in [4.69, 9.17) is 15.0 Å². The summed E-state index contributed by atoms with van der Waals surface area (Å²) in [6.07, 6.45) is 0.944. The molecule has 0 saturated carbocycles. The highest BCUT2D eigenvalue weighted by molar-refractivity contribution is 7.39. The van der Waals surface area contributed by atoms with Crippen molar-refractivity contribution < 1.29 is 14.3 Å². The third kappa shape index (κ3) is 7.80. The number of nitriles is 1. The lowest BCUT2D eigenvalue weighted by Crippen LogP contribution is -1.87. The molecule has 0 aromatic rings. The molecule has 52 valence electrons. The minimum Gasteiger partial charge on any atom is -0.328 e. The summed E-state index contributed by atoms with van der Waals surface area (Å²) < 4.78 is 4.37. The molecular formula is C4H8NO3P. The average Bonchev–Trinajstić information content (AvgIpc) is 1.80. The molecule has 0 amide bonds. The Kier molecular flexibility index (Phi) is 5.80. The Labute approximate surface area is 54.7 Å². The van der Waals surface area contributed by atoms with Crippen molar-refractivity contribution in [3.63, 3.8) is 0 Å². The Morgan fingerprint density at radius 3 is 2.67 bits per heavy atom. The van der Waals surface area contributed by atoms with Crippen LogP contribution in [0.4, 0.5) is 0 Å². The highest BCUT2D eigenvalue weighted by atomic mass is 31.2. The van der Waals surface area contributed by atoms with Crippen molar-refractivity contribution in [2.24, 2.45) is 0 Å². The molecule has 0 aliphatic heterocycles. The van der Waals surface area contributed by atoms with Gasteiger partial charge in [-0.3, -0.25) is 0 Å². The fourth-order valence-corrected chi connectivity index (χ4v) is 0.590. The third-order valence-corrected chi connectivity index (χ3v) is 1.05. The van der Waals surface area contributed by atoms with Crippen LogP contribution in [0.1, 0.15) is 12.8 Å². The summed E-state index contributed by atoms with van der Waals surface area (Å²) in [7, 11) is -2.23. The van der Waals surface area contributed by atoms with Gasteiger partial charge in [0.2, 0.25) is 0 Å². The molecule has 0 unspecified atom stereocenters. The predicted octanol–water partition coefficient (Wildman–Crippen LogP) is 0.518. The maximum Gasteiger partial charge on any atom is 0.327 e. The summed E-state index contributed by atoms with van der Waals surface area (Å²) in [5, 5.41) is 8.01. The van der Waals surface area contributed by atoms with E-state index in [1.807, 2.05) is 6.07 Å². The van der Waals surface area contributed by atoms with Crippen molar-refractivity contribution in [3.8, 4) is 6.07 Å². The molecule has 0 atom stereocenters. The van der Waals surface area contributed by atoms with Gasteiger partial charge in [0.1, 0.15) is 0 Å². The lowest BCUT2D eigenvalue weighted by atomic mass is 10.4. The van der Waals surface area contributed by atoms with Crippen LogP contribution >= 0.6 is 8.60 Å². The van der Waals surface area contributed by atoms with Gasteiger partial charge in [-0.05, 0) is 6.42 Å². The van der Waals surface area contributed by atoms with Crippen LogP contribution in [0.15, 0.2) is 0 Å². The Hall–Kier alpha value is -0.200. The predicted molar refractivity (Wildman–Crippen MR) is 32.2 cm³/mol. The minimum absolute atomic E-state index is 0.242. The van der Waals surface area contributed by atoms with Crippen LogP contribution in [-0.2, 0) is 4.52 Å². The molecule has 0 aromatic carbocycles. The number of unbranched alkanes of at least 4 members (excludes halogenated alkanes) is 1. The topological polar surface area (TPSA) is 73.5 Å². The Morgan fingerprint density at radius 2 is 2.22 bits per heavy atom. The number of rotatable bonds is 4. The van der Waals surface area contributed by atoms with Crippen molar-refractivity contribution in [3.05, 3.63) is 0 Å². The maximum absolute atomic E-state index is 8.17. The fourth-order valence-electron chi connectivity index (χ4n) is 0.297. The largest absolute Gasteiger partial charge is 0.328 e. The molecule has 0 aliphatic rings. The van der Waals surface area contributed by atoms with E-state index in [0.29, 0.717) is 12.8 Å². The molecule has 0 aromatic heterocycles. The van der Waals surface area contributed by atoms with E-state index in [-0.39, 0.29) is 6.61 Å². The van der Waals surface area contributed by atoms with E-state index in [2.05, 4.69) is 4.52 Å².